The second-order valence-electron chi connectivity index (χ2n) is 5.64. The quantitative estimate of drug-likeness (QED) is 0.349. The van der Waals surface area contributed by atoms with Crippen molar-refractivity contribution >= 4 is 23.9 Å². The summed E-state index contributed by atoms with van der Waals surface area (Å²) in [5.74, 6) is -0.411. The molecule has 0 aliphatic carbocycles. The number of rotatable bonds is 7. The first-order chi connectivity index (χ1) is 14.4. The predicted octanol–water partition coefficient (Wildman–Crippen LogP) is 3.03. The molecule has 2 aromatic heterocycles. The number of ether oxygens (including phenoxy) is 1. The summed E-state index contributed by atoms with van der Waals surface area (Å²) in [5, 5.41) is 30.0. The summed E-state index contributed by atoms with van der Waals surface area (Å²) in [5.41, 5.74) is 2.87. The molecule has 0 saturated heterocycles. The van der Waals surface area contributed by atoms with Gasteiger partial charge < -0.3 is 9.15 Å². The van der Waals surface area contributed by atoms with Gasteiger partial charge in [-0.2, -0.15) is 10.2 Å². The van der Waals surface area contributed by atoms with Crippen LogP contribution in [0.3, 0.4) is 0 Å². The number of nitrogens with zero attached hydrogens (tertiary/aromatic N) is 5. The van der Waals surface area contributed by atoms with Gasteiger partial charge in [0, 0.05) is 23.9 Å². The Bertz CT molecular complexity index is 1130. The highest BCUT2D eigenvalue weighted by atomic mass is 16.6. The zero-order valence-corrected chi connectivity index (χ0v) is 15.4. The number of benzene rings is 1. The van der Waals surface area contributed by atoms with Crippen molar-refractivity contribution < 1.29 is 23.8 Å². The van der Waals surface area contributed by atoms with Crippen molar-refractivity contribution in [3.8, 4) is 17.1 Å². The highest BCUT2D eigenvalue weighted by molar-refractivity contribution is 5.88. The van der Waals surface area contributed by atoms with Gasteiger partial charge in [0.15, 0.2) is 5.76 Å². The van der Waals surface area contributed by atoms with Gasteiger partial charge in [0.25, 0.3) is 5.69 Å². The van der Waals surface area contributed by atoms with Crippen molar-refractivity contribution in [3.63, 3.8) is 0 Å². The third kappa shape index (κ3) is 4.46. The SMILES string of the molecule is CCOC(=O)N/N=C/c1cn(-c2cccc([N+](=O)[O-])c2)nc1-c1ccc([N+](=O)[O-])o1. The van der Waals surface area contributed by atoms with E-state index in [2.05, 4.69) is 15.6 Å². The molecule has 0 spiro atoms. The van der Waals surface area contributed by atoms with Gasteiger partial charge in [0.1, 0.15) is 10.6 Å². The molecule has 1 aromatic carbocycles. The van der Waals surface area contributed by atoms with Crippen LogP contribution >= 0.6 is 0 Å². The van der Waals surface area contributed by atoms with E-state index in [0.717, 1.165) is 0 Å². The highest BCUT2D eigenvalue weighted by Gasteiger charge is 2.19. The lowest BCUT2D eigenvalue weighted by Gasteiger charge is -2.00. The highest BCUT2D eigenvalue weighted by Crippen LogP contribution is 2.28. The Morgan fingerprint density at radius 2 is 2.10 bits per heavy atom. The minimum absolute atomic E-state index is 0.0727. The van der Waals surface area contributed by atoms with Crippen LogP contribution < -0.4 is 5.43 Å². The van der Waals surface area contributed by atoms with E-state index in [1.54, 1.807) is 13.0 Å². The average Bonchev–Trinajstić information content (AvgIpc) is 3.35. The third-order valence-electron chi connectivity index (χ3n) is 3.69. The fourth-order valence-electron chi connectivity index (χ4n) is 2.43. The molecule has 0 aliphatic heterocycles. The number of nitro benzene ring substituents is 1. The van der Waals surface area contributed by atoms with Crippen molar-refractivity contribution in [2.24, 2.45) is 5.10 Å². The molecule has 3 aromatic rings. The lowest BCUT2D eigenvalue weighted by atomic mass is 10.2. The molecule has 0 radical (unpaired) electrons. The van der Waals surface area contributed by atoms with Crippen molar-refractivity contribution in [1.29, 1.82) is 0 Å². The lowest BCUT2D eigenvalue weighted by molar-refractivity contribution is -0.401. The number of hydrazone groups is 1. The van der Waals surface area contributed by atoms with Crippen molar-refractivity contribution in [1.82, 2.24) is 15.2 Å². The summed E-state index contributed by atoms with van der Waals surface area (Å²) in [6, 6.07) is 8.23. The molecule has 1 N–H and O–H groups in total. The molecule has 0 bridgehead atoms. The second-order valence-corrected chi connectivity index (χ2v) is 5.64. The van der Waals surface area contributed by atoms with Crippen molar-refractivity contribution in [2.75, 3.05) is 6.61 Å². The van der Waals surface area contributed by atoms with Crippen LogP contribution in [-0.4, -0.2) is 38.5 Å². The summed E-state index contributed by atoms with van der Waals surface area (Å²) in [6.07, 6.45) is 1.94. The van der Waals surface area contributed by atoms with Crippen molar-refractivity contribution in [2.45, 2.75) is 6.92 Å². The molecule has 13 heteroatoms. The number of hydrogen-bond donors (Lipinski definition) is 1. The van der Waals surface area contributed by atoms with E-state index < -0.39 is 21.8 Å². The van der Waals surface area contributed by atoms with Gasteiger partial charge in [0.2, 0.25) is 0 Å². The number of aromatic nitrogens is 2. The summed E-state index contributed by atoms with van der Waals surface area (Å²) in [7, 11) is 0. The molecule has 0 atom stereocenters. The zero-order chi connectivity index (χ0) is 21.7. The van der Waals surface area contributed by atoms with Gasteiger partial charge in [-0.1, -0.05) is 6.07 Å². The standard InChI is InChI=1S/C17H14N6O7/c1-2-29-17(24)19-18-9-11-10-21(12-4-3-5-13(8-12)22(25)26)20-16(11)14-6-7-15(30-14)23(27)28/h3-10H,2H2,1H3,(H,19,24)/b18-9+. The fraction of sp³-hybridized carbons (Fsp3) is 0.118. The summed E-state index contributed by atoms with van der Waals surface area (Å²) in [4.78, 5) is 32.1. The first kappa shape index (κ1) is 20.2. The molecule has 13 nitrogen and oxygen atoms in total. The Morgan fingerprint density at radius 1 is 1.30 bits per heavy atom. The molecule has 0 fully saturated rings. The van der Waals surface area contributed by atoms with Crippen LogP contribution in [0, 0.1) is 20.2 Å². The zero-order valence-electron chi connectivity index (χ0n) is 15.4. The number of furan rings is 1. The van der Waals surface area contributed by atoms with E-state index in [-0.39, 0.29) is 23.7 Å². The van der Waals surface area contributed by atoms with E-state index in [1.165, 1.54) is 47.4 Å². The van der Waals surface area contributed by atoms with Gasteiger partial charge in [-0.25, -0.2) is 14.9 Å². The van der Waals surface area contributed by atoms with Gasteiger partial charge in [-0.3, -0.25) is 20.2 Å². The van der Waals surface area contributed by atoms with Gasteiger partial charge in [-0.15, -0.1) is 0 Å². The van der Waals surface area contributed by atoms with Crippen LogP contribution in [0.15, 0.2) is 52.1 Å². The molecule has 0 saturated carbocycles. The number of nitrogens with one attached hydrogen (secondary N) is 1. The minimum Gasteiger partial charge on any atom is -0.449 e. The minimum atomic E-state index is -0.769. The number of amides is 1. The number of carbonyl (C=O) groups excluding carboxylic acids is 1. The van der Waals surface area contributed by atoms with E-state index in [4.69, 9.17) is 9.15 Å². The molecule has 3 rings (SSSR count). The Balaban J connectivity index is 2.01. The number of nitro groups is 2. The predicted molar refractivity (Wildman–Crippen MR) is 102 cm³/mol. The molecule has 1 amide bonds. The number of hydrogen-bond acceptors (Lipinski definition) is 9. The Kier molecular flexibility index (Phi) is 5.81. The molecule has 0 unspecified atom stereocenters. The normalized spacial score (nSPS) is 10.8. The van der Waals surface area contributed by atoms with E-state index in [9.17, 15) is 25.0 Å². The number of non-ortho nitro benzene ring substituents is 1. The smallest absolute Gasteiger partial charge is 0.433 e. The van der Waals surface area contributed by atoms with E-state index in [1.807, 2.05) is 0 Å². The Labute approximate surface area is 167 Å². The molecule has 30 heavy (non-hydrogen) atoms. The summed E-state index contributed by atoms with van der Waals surface area (Å²) >= 11 is 0. The topological polar surface area (TPSA) is 168 Å². The molecule has 2 heterocycles. The molecular weight excluding hydrogens is 400 g/mol. The van der Waals surface area contributed by atoms with Crippen LogP contribution in [-0.2, 0) is 4.74 Å². The lowest BCUT2D eigenvalue weighted by Crippen LogP contribution is -2.18. The molecule has 0 aliphatic rings. The Morgan fingerprint density at radius 3 is 2.77 bits per heavy atom. The van der Waals surface area contributed by atoms with Gasteiger partial charge in [0.05, 0.1) is 29.5 Å². The maximum Gasteiger partial charge on any atom is 0.433 e. The first-order valence-electron chi connectivity index (χ1n) is 8.44. The van der Waals surface area contributed by atoms with E-state index in [0.29, 0.717) is 11.3 Å². The fourth-order valence-corrected chi connectivity index (χ4v) is 2.43. The maximum absolute atomic E-state index is 11.4. The monoisotopic (exact) mass is 414 g/mol. The van der Waals surface area contributed by atoms with Crippen LogP contribution in [0.25, 0.3) is 17.1 Å². The molecular formula is C17H14N6O7. The summed E-state index contributed by atoms with van der Waals surface area (Å²) < 4.78 is 11.2. The maximum atomic E-state index is 11.4. The third-order valence-corrected chi connectivity index (χ3v) is 3.69. The first-order valence-corrected chi connectivity index (χ1v) is 8.44. The summed E-state index contributed by atoms with van der Waals surface area (Å²) in [6.45, 7) is 1.79. The van der Waals surface area contributed by atoms with E-state index >= 15 is 0 Å². The van der Waals surface area contributed by atoms with Crippen molar-refractivity contribution in [3.05, 3.63) is 68.4 Å². The van der Waals surface area contributed by atoms with Gasteiger partial charge >= 0.3 is 12.0 Å². The van der Waals surface area contributed by atoms with Gasteiger partial charge in [-0.05, 0) is 19.1 Å². The number of carbonyl (C=O) groups is 1. The second kappa shape index (κ2) is 8.64. The van der Waals surface area contributed by atoms with Crippen LogP contribution in [0.5, 0.6) is 0 Å². The van der Waals surface area contributed by atoms with Crippen LogP contribution in [0.4, 0.5) is 16.4 Å². The molecule has 154 valence electrons. The van der Waals surface area contributed by atoms with Crippen LogP contribution in [0.1, 0.15) is 12.5 Å². The largest absolute Gasteiger partial charge is 0.449 e. The Hall–Kier alpha value is -4.55. The van der Waals surface area contributed by atoms with Crippen LogP contribution in [0.2, 0.25) is 0 Å². The average molecular weight is 414 g/mol.